The second kappa shape index (κ2) is 7.57. The van der Waals surface area contributed by atoms with Gasteiger partial charge in [-0.2, -0.15) is 0 Å². The SMILES string of the molecule is COc1ccc(S(=O)(=O)c2cc(Nc3ccccc3[N+](=O)[O-])ccc2O)cc1. The summed E-state index contributed by atoms with van der Waals surface area (Å²) in [6.07, 6.45) is 0. The lowest BCUT2D eigenvalue weighted by molar-refractivity contribution is -0.383. The molecule has 0 atom stereocenters. The lowest BCUT2D eigenvalue weighted by Crippen LogP contribution is -2.04. The van der Waals surface area contributed by atoms with E-state index >= 15 is 0 Å². The maximum atomic E-state index is 12.9. The number of nitro groups is 1. The molecule has 0 spiro atoms. The van der Waals surface area contributed by atoms with Crippen molar-refractivity contribution in [3.05, 3.63) is 76.8 Å². The highest BCUT2D eigenvalue weighted by Crippen LogP contribution is 2.34. The van der Waals surface area contributed by atoms with Gasteiger partial charge in [-0.3, -0.25) is 10.1 Å². The van der Waals surface area contributed by atoms with Crippen LogP contribution in [0.1, 0.15) is 0 Å². The van der Waals surface area contributed by atoms with Crippen molar-refractivity contribution in [3.63, 3.8) is 0 Å². The number of phenols is 1. The number of ether oxygens (including phenoxy) is 1. The summed E-state index contributed by atoms with van der Waals surface area (Å²) in [6, 6.07) is 15.6. The third-order valence-corrected chi connectivity index (χ3v) is 5.80. The number of methoxy groups -OCH3 is 1. The Labute approximate surface area is 161 Å². The number of rotatable bonds is 6. The molecule has 0 saturated heterocycles. The first kappa shape index (κ1) is 19.2. The third-order valence-electron chi connectivity index (χ3n) is 4.00. The van der Waals surface area contributed by atoms with Gasteiger partial charge in [0.1, 0.15) is 22.1 Å². The van der Waals surface area contributed by atoms with Gasteiger partial charge < -0.3 is 15.2 Å². The molecule has 144 valence electrons. The van der Waals surface area contributed by atoms with E-state index in [0.717, 1.165) is 0 Å². The Morgan fingerprint density at radius 2 is 1.71 bits per heavy atom. The number of anilines is 2. The summed E-state index contributed by atoms with van der Waals surface area (Å²) in [5.74, 6) is 0.0684. The van der Waals surface area contributed by atoms with Crippen molar-refractivity contribution in [1.29, 1.82) is 0 Å². The molecular formula is C19H16N2O6S. The van der Waals surface area contributed by atoms with Gasteiger partial charge in [-0.15, -0.1) is 0 Å². The van der Waals surface area contributed by atoms with Crippen LogP contribution in [0, 0.1) is 10.1 Å². The first-order valence-electron chi connectivity index (χ1n) is 8.05. The average molecular weight is 400 g/mol. The Hall–Kier alpha value is -3.59. The van der Waals surface area contributed by atoms with Gasteiger partial charge in [-0.25, -0.2) is 8.42 Å². The zero-order valence-corrected chi connectivity index (χ0v) is 15.5. The van der Waals surface area contributed by atoms with Crippen molar-refractivity contribution >= 4 is 26.9 Å². The predicted octanol–water partition coefficient (Wildman–Crippen LogP) is 3.89. The summed E-state index contributed by atoms with van der Waals surface area (Å²) in [7, 11) is -2.55. The molecule has 0 heterocycles. The topological polar surface area (TPSA) is 119 Å². The highest BCUT2D eigenvalue weighted by molar-refractivity contribution is 7.91. The van der Waals surface area contributed by atoms with E-state index in [1.807, 2.05) is 0 Å². The molecular weight excluding hydrogens is 384 g/mol. The van der Waals surface area contributed by atoms with Crippen LogP contribution in [0.3, 0.4) is 0 Å². The molecule has 0 aliphatic heterocycles. The fourth-order valence-corrected chi connectivity index (χ4v) is 3.96. The standard InChI is InChI=1S/C19H16N2O6S/c1-27-14-7-9-15(10-8-14)28(25,26)19-12-13(6-11-18(19)22)20-16-4-2-3-5-17(16)21(23)24/h2-12,20,22H,1H3. The molecule has 9 heteroatoms. The van der Waals surface area contributed by atoms with Crippen LogP contribution < -0.4 is 10.1 Å². The van der Waals surface area contributed by atoms with Gasteiger partial charge in [0.05, 0.1) is 16.9 Å². The molecule has 3 aromatic carbocycles. The smallest absolute Gasteiger partial charge is 0.292 e. The molecule has 0 aliphatic rings. The second-order valence-corrected chi connectivity index (χ2v) is 7.68. The minimum absolute atomic E-state index is 0.0218. The maximum absolute atomic E-state index is 12.9. The van der Waals surface area contributed by atoms with Gasteiger partial charge in [-0.05, 0) is 48.5 Å². The molecule has 0 aromatic heterocycles. The molecule has 0 bridgehead atoms. The van der Waals surface area contributed by atoms with E-state index in [-0.39, 0.29) is 26.9 Å². The normalized spacial score (nSPS) is 11.0. The summed E-state index contributed by atoms with van der Waals surface area (Å²) in [4.78, 5) is 10.3. The Morgan fingerprint density at radius 1 is 1.04 bits per heavy atom. The number of phenolic OH excluding ortho intramolecular Hbond substituents is 1. The van der Waals surface area contributed by atoms with E-state index in [1.165, 1.54) is 67.8 Å². The molecule has 0 aliphatic carbocycles. The fourth-order valence-electron chi connectivity index (χ4n) is 2.58. The summed E-state index contributed by atoms with van der Waals surface area (Å²) >= 11 is 0. The van der Waals surface area contributed by atoms with Crippen molar-refractivity contribution in [2.75, 3.05) is 12.4 Å². The highest BCUT2D eigenvalue weighted by Gasteiger charge is 2.23. The van der Waals surface area contributed by atoms with Crippen molar-refractivity contribution < 1.29 is 23.2 Å². The summed E-state index contributed by atoms with van der Waals surface area (Å²) in [5, 5.41) is 24.1. The van der Waals surface area contributed by atoms with E-state index in [2.05, 4.69) is 5.32 Å². The van der Waals surface area contributed by atoms with E-state index in [1.54, 1.807) is 6.07 Å². The van der Waals surface area contributed by atoms with Gasteiger partial charge >= 0.3 is 0 Å². The second-order valence-electron chi connectivity index (χ2n) is 5.76. The summed E-state index contributed by atoms with van der Waals surface area (Å²) in [6.45, 7) is 0. The first-order valence-corrected chi connectivity index (χ1v) is 9.54. The van der Waals surface area contributed by atoms with Crippen molar-refractivity contribution in [3.8, 4) is 11.5 Å². The van der Waals surface area contributed by atoms with E-state index in [4.69, 9.17) is 4.74 Å². The van der Waals surface area contributed by atoms with Crippen LogP contribution in [0.4, 0.5) is 17.1 Å². The number of benzene rings is 3. The van der Waals surface area contributed by atoms with Crippen LogP contribution in [0.5, 0.6) is 11.5 Å². The molecule has 3 rings (SSSR count). The van der Waals surface area contributed by atoms with E-state index in [9.17, 15) is 23.6 Å². The number of nitrogens with zero attached hydrogens (tertiary/aromatic N) is 1. The summed E-state index contributed by atoms with van der Waals surface area (Å²) < 4.78 is 30.8. The summed E-state index contributed by atoms with van der Waals surface area (Å²) in [5.41, 5.74) is 0.320. The van der Waals surface area contributed by atoms with Crippen LogP contribution >= 0.6 is 0 Å². The fraction of sp³-hybridized carbons (Fsp3) is 0.0526. The van der Waals surface area contributed by atoms with Crippen LogP contribution in [-0.2, 0) is 9.84 Å². The number of nitro benzene ring substituents is 1. The monoisotopic (exact) mass is 400 g/mol. The molecule has 3 aromatic rings. The van der Waals surface area contributed by atoms with Gasteiger partial charge in [-0.1, -0.05) is 12.1 Å². The molecule has 2 N–H and O–H groups in total. The minimum Gasteiger partial charge on any atom is -0.507 e. The average Bonchev–Trinajstić information content (AvgIpc) is 2.69. The van der Waals surface area contributed by atoms with Gasteiger partial charge in [0.2, 0.25) is 9.84 Å². The van der Waals surface area contributed by atoms with E-state index in [0.29, 0.717) is 5.75 Å². The van der Waals surface area contributed by atoms with Crippen molar-refractivity contribution in [1.82, 2.24) is 0 Å². The molecule has 8 nitrogen and oxygen atoms in total. The number of para-hydroxylation sites is 2. The van der Waals surface area contributed by atoms with Crippen LogP contribution in [-0.4, -0.2) is 25.6 Å². The van der Waals surface area contributed by atoms with Crippen molar-refractivity contribution in [2.45, 2.75) is 9.79 Å². The zero-order valence-electron chi connectivity index (χ0n) is 14.7. The highest BCUT2D eigenvalue weighted by atomic mass is 32.2. The lowest BCUT2D eigenvalue weighted by atomic mass is 10.2. The van der Waals surface area contributed by atoms with E-state index < -0.39 is 20.5 Å². The molecule has 28 heavy (non-hydrogen) atoms. The Kier molecular flexibility index (Phi) is 5.18. The predicted molar refractivity (Wildman–Crippen MR) is 103 cm³/mol. The first-order chi connectivity index (χ1) is 13.3. The Bertz CT molecular complexity index is 1130. The number of hydrogen-bond acceptors (Lipinski definition) is 7. The largest absolute Gasteiger partial charge is 0.507 e. The zero-order chi connectivity index (χ0) is 20.3. The number of hydrogen-bond donors (Lipinski definition) is 2. The number of aromatic hydroxyl groups is 1. The van der Waals surface area contributed by atoms with Gasteiger partial charge in [0, 0.05) is 11.8 Å². The molecule has 0 saturated carbocycles. The molecule has 0 fully saturated rings. The van der Waals surface area contributed by atoms with Crippen LogP contribution in [0.2, 0.25) is 0 Å². The number of nitrogens with one attached hydrogen (secondary N) is 1. The lowest BCUT2D eigenvalue weighted by Gasteiger charge is -2.11. The molecule has 0 amide bonds. The Morgan fingerprint density at radius 3 is 2.36 bits per heavy atom. The van der Waals surface area contributed by atoms with Crippen molar-refractivity contribution in [2.24, 2.45) is 0 Å². The Balaban J connectivity index is 2.01. The van der Waals surface area contributed by atoms with Gasteiger partial charge in [0.15, 0.2) is 0 Å². The maximum Gasteiger partial charge on any atom is 0.292 e. The molecule has 0 unspecified atom stereocenters. The van der Waals surface area contributed by atoms with Gasteiger partial charge in [0.25, 0.3) is 5.69 Å². The quantitative estimate of drug-likeness (QED) is 0.366. The van der Waals surface area contributed by atoms with Crippen LogP contribution in [0.25, 0.3) is 0 Å². The molecule has 0 radical (unpaired) electrons. The minimum atomic E-state index is -4.02. The number of sulfone groups is 1. The third kappa shape index (κ3) is 3.74. The van der Waals surface area contributed by atoms with Crippen LogP contribution in [0.15, 0.2) is 76.5 Å².